The number of fused-ring (bicyclic) bond motifs is 1. The number of aromatic nitrogens is 2. The molecule has 2 saturated heterocycles. The fourth-order valence-corrected chi connectivity index (χ4v) is 7.82. The van der Waals surface area contributed by atoms with Gasteiger partial charge in [-0.3, -0.25) is 4.79 Å². The minimum absolute atomic E-state index is 0.154. The molecule has 0 saturated carbocycles. The number of thioether (sulfide) groups is 1. The first-order valence-corrected chi connectivity index (χ1v) is 14.5. The molecule has 0 spiro atoms. The van der Waals surface area contributed by atoms with Crippen molar-refractivity contribution in [3.05, 3.63) is 18.2 Å². The molecule has 7 nitrogen and oxygen atoms in total. The zero-order chi connectivity index (χ0) is 23.8. The Morgan fingerprint density at radius 3 is 2.45 bits per heavy atom. The van der Waals surface area contributed by atoms with Crippen molar-refractivity contribution in [1.82, 2.24) is 18.8 Å². The van der Waals surface area contributed by atoms with E-state index in [9.17, 15) is 13.2 Å². The molecule has 182 valence electrons. The molecule has 0 bridgehead atoms. The Hall–Kier alpha value is -1.58. The van der Waals surface area contributed by atoms with Gasteiger partial charge in [0, 0.05) is 32.7 Å². The second kappa shape index (κ2) is 9.96. The number of hydrogen-bond acceptors (Lipinski definition) is 5. The predicted molar refractivity (Wildman–Crippen MR) is 133 cm³/mol. The van der Waals surface area contributed by atoms with E-state index in [4.69, 9.17) is 4.98 Å². The highest BCUT2D eigenvalue weighted by Gasteiger charge is 2.30. The summed E-state index contributed by atoms with van der Waals surface area (Å²) in [5.74, 6) is 1.20. The minimum atomic E-state index is -3.51. The van der Waals surface area contributed by atoms with Crippen LogP contribution in [0.2, 0.25) is 0 Å². The number of aryl methyl sites for hydroxylation is 1. The van der Waals surface area contributed by atoms with Crippen LogP contribution in [0.3, 0.4) is 0 Å². The van der Waals surface area contributed by atoms with E-state index >= 15 is 0 Å². The quantitative estimate of drug-likeness (QED) is 0.565. The van der Waals surface area contributed by atoms with Crippen LogP contribution < -0.4 is 0 Å². The van der Waals surface area contributed by atoms with E-state index in [1.807, 2.05) is 24.8 Å². The molecule has 2 aromatic rings. The smallest absolute Gasteiger partial charge is 0.243 e. The average molecular weight is 493 g/mol. The number of carbonyl (C=O) groups excluding carboxylic acids is 1. The van der Waals surface area contributed by atoms with E-state index in [1.165, 1.54) is 18.2 Å². The Labute approximate surface area is 202 Å². The lowest BCUT2D eigenvalue weighted by molar-refractivity contribution is -0.132. The van der Waals surface area contributed by atoms with E-state index in [-0.39, 0.29) is 11.2 Å². The molecule has 3 heterocycles. The van der Waals surface area contributed by atoms with Crippen molar-refractivity contribution in [2.45, 2.75) is 75.2 Å². The molecular formula is C24H36N4O3S2. The van der Waals surface area contributed by atoms with Gasteiger partial charge in [0.25, 0.3) is 0 Å². The topological polar surface area (TPSA) is 75.5 Å². The van der Waals surface area contributed by atoms with Crippen molar-refractivity contribution < 1.29 is 13.2 Å². The second-order valence-corrected chi connectivity index (χ2v) is 12.9. The number of piperidine rings is 2. The predicted octanol–water partition coefficient (Wildman–Crippen LogP) is 4.22. The van der Waals surface area contributed by atoms with E-state index in [1.54, 1.807) is 16.4 Å². The van der Waals surface area contributed by atoms with Gasteiger partial charge < -0.3 is 9.47 Å². The summed E-state index contributed by atoms with van der Waals surface area (Å²) in [6.45, 7) is 11.9. The fourth-order valence-electron chi connectivity index (χ4n) is 5.21. The molecule has 2 fully saturated rings. The Bertz CT molecular complexity index is 1100. The van der Waals surface area contributed by atoms with Gasteiger partial charge >= 0.3 is 0 Å². The standard InChI is InChI=1S/C24H36N4O3S2/c1-5-28-22-10-9-20(33(30,31)27-11-7-6-8-12-27)14-21(22)25-24(28)32-19(4)23(29)26-15-17(2)13-18(3)16-26/h9-10,14,17-19H,5-8,11-13,15-16H2,1-4H3. The number of likely N-dealkylation sites (tertiary alicyclic amines) is 1. The van der Waals surface area contributed by atoms with Crippen LogP contribution >= 0.6 is 11.8 Å². The van der Waals surface area contributed by atoms with Crippen molar-refractivity contribution in [1.29, 1.82) is 0 Å². The summed E-state index contributed by atoms with van der Waals surface area (Å²) in [7, 11) is -3.51. The van der Waals surface area contributed by atoms with Crippen molar-refractivity contribution in [3.8, 4) is 0 Å². The summed E-state index contributed by atoms with van der Waals surface area (Å²) in [5, 5.41) is 0.514. The summed E-state index contributed by atoms with van der Waals surface area (Å²) in [6, 6.07) is 5.24. The van der Waals surface area contributed by atoms with Gasteiger partial charge in [-0.1, -0.05) is 32.0 Å². The van der Waals surface area contributed by atoms with Crippen molar-refractivity contribution in [3.63, 3.8) is 0 Å². The summed E-state index contributed by atoms with van der Waals surface area (Å²) in [4.78, 5) is 20.2. The number of nitrogens with zero attached hydrogens (tertiary/aromatic N) is 4. The second-order valence-electron chi connectivity index (χ2n) is 9.70. The number of hydrogen-bond donors (Lipinski definition) is 0. The maximum Gasteiger partial charge on any atom is 0.243 e. The molecule has 4 rings (SSSR count). The van der Waals surface area contributed by atoms with Gasteiger partial charge in [0.1, 0.15) is 0 Å². The van der Waals surface area contributed by atoms with E-state index in [2.05, 4.69) is 18.4 Å². The molecule has 1 aromatic heterocycles. The Kier molecular flexibility index (Phi) is 7.41. The molecule has 2 aliphatic heterocycles. The van der Waals surface area contributed by atoms with E-state index in [0.29, 0.717) is 41.9 Å². The van der Waals surface area contributed by atoms with Gasteiger partial charge in [-0.25, -0.2) is 13.4 Å². The monoisotopic (exact) mass is 492 g/mol. The third-order valence-corrected chi connectivity index (χ3v) is 9.74. The SMILES string of the molecule is CCn1c(SC(C)C(=O)N2CC(C)CC(C)C2)nc2cc(S(=O)(=O)N3CCCCC3)ccc21. The zero-order valence-corrected chi connectivity index (χ0v) is 21.8. The lowest BCUT2D eigenvalue weighted by atomic mass is 9.92. The normalized spacial score (nSPS) is 23.7. The number of rotatable bonds is 6. The van der Waals surface area contributed by atoms with Crippen LogP contribution in [0.15, 0.2) is 28.3 Å². The fraction of sp³-hybridized carbons (Fsp3) is 0.667. The maximum atomic E-state index is 13.2. The van der Waals surface area contributed by atoms with Gasteiger partial charge in [0.05, 0.1) is 21.2 Å². The molecule has 1 amide bonds. The summed E-state index contributed by atoms with van der Waals surface area (Å²) < 4.78 is 29.9. The highest BCUT2D eigenvalue weighted by atomic mass is 32.2. The van der Waals surface area contributed by atoms with E-state index in [0.717, 1.165) is 43.0 Å². The van der Waals surface area contributed by atoms with Crippen molar-refractivity contribution in [2.75, 3.05) is 26.2 Å². The first-order chi connectivity index (χ1) is 15.7. The van der Waals surface area contributed by atoms with Crippen LogP contribution in [-0.2, 0) is 21.4 Å². The van der Waals surface area contributed by atoms with Gasteiger partial charge in [-0.2, -0.15) is 4.31 Å². The molecule has 0 radical (unpaired) electrons. The van der Waals surface area contributed by atoms with Gasteiger partial charge in [-0.15, -0.1) is 0 Å². The summed E-state index contributed by atoms with van der Waals surface area (Å²) >= 11 is 1.47. The highest BCUT2D eigenvalue weighted by molar-refractivity contribution is 8.00. The summed E-state index contributed by atoms with van der Waals surface area (Å²) in [5.41, 5.74) is 1.56. The number of imidazole rings is 1. The van der Waals surface area contributed by atoms with Gasteiger partial charge in [-0.05, 0) is 63.1 Å². The molecule has 3 atom stereocenters. The third kappa shape index (κ3) is 5.10. The average Bonchev–Trinajstić information content (AvgIpc) is 3.14. The first kappa shape index (κ1) is 24.5. The number of benzene rings is 1. The molecule has 3 unspecified atom stereocenters. The van der Waals surface area contributed by atoms with Crippen molar-refractivity contribution >= 4 is 38.7 Å². The zero-order valence-electron chi connectivity index (χ0n) is 20.2. The highest BCUT2D eigenvalue weighted by Crippen LogP contribution is 2.31. The number of sulfonamides is 1. The Balaban J connectivity index is 1.57. The molecule has 0 aliphatic carbocycles. The minimum Gasteiger partial charge on any atom is -0.341 e. The third-order valence-electron chi connectivity index (χ3n) is 6.76. The number of amides is 1. The van der Waals surface area contributed by atoms with Gasteiger partial charge in [0.15, 0.2) is 5.16 Å². The lowest BCUT2D eigenvalue weighted by Gasteiger charge is -2.36. The number of carbonyl (C=O) groups is 1. The van der Waals surface area contributed by atoms with E-state index < -0.39 is 10.0 Å². The molecule has 33 heavy (non-hydrogen) atoms. The Morgan fingerprint density at radius 1 is 1.15 bits per heavy atom. The van der Waals surface area contributed by atoms with Crippen LogP contribution in [-0.4, -0.2) is 64.5 Å². The molecule has 9 heteroatoms. The van der Waals surface area contributed by atoms with Crippen LogP contribution in [0.25, 0.3) is 11.0 Å². The van der Waals surface area contributed by atoms with Crippen LogP contribution in [0.5, 0.6) is 0 Å². The molecule has 2 aliphatic rings. The molecule has 0 N–H and O–H groups in total. The summed E-state index contributed by atoms with van der Waals surface area (Å²) in [6.07, 6.45) is 4.07. The van der Waals surface area contributed by atoms with Crippen LogP contribution in [0, 0.1) is 11.8 Å². The lowest BCUT2D eigenvalue weighted by Crippen LogP contribution is -2.45. The van der Waals surface area contributed by atoms with Crippen LogP contribution in [0.4, 0.5) is 0 Å². The Morgan fingerprint density at radius 2 is 1.82 bits per heavy atom. The van der Waals surface area contributed by atoms with Crippen molar-refractivity contribution in [2.24, 2.45) is 11.8 Å². The maximum absolute atomic E-state index is 13.2. The first-order valence-electron chi connectivity index (χ1n) is 12.2. The molecule has 1 aromatic carbocycles. The molecular weight excluding hydrogens is 456 g/mol. The largest absolute Gasteiger partial charge is 0.341 e. The van der Waals surface area contributed by atoms with Gasteiger partial charge in [0.2, 0.25) is 15.9 Å². The van der Waals surface area contributed by atoms with Crippen LogP contribution in [0.1, 0.15) is 53.4 Å².